The average molecular weight is 421 g/mol. The maximum atomic E-state index is 13.2. The SMILES string of the molecule is Cc1ccc(NC(=O)c2ccc3c(c2)C[C@@H](C)N3S(=O)(=O)c2ccccc2)c(C)c1. The van der Waals surface area contributed by atoms with Crippen molar-refractivity contribution in [2.75, 3.05) is 9.62 Å². The standard InChI is InChI=1S/C24H24N2O3S/c1-16-9-11-22(17(2)13-16)25-24(27)19-10-12-23-20(15-19)14-18(3)26(23)30(28,29)21-7-5-4-6-8-21/h4-13,15,18H,14H2,1-3H3,(H,25,27)/t18-/m1/s1. The zero-order valence-corrected chi connectivity index (χ0v) is 18.0. The Bertz CT molecular complexity index is 1220. The third-order valence-corrected chi connectivity index (χ3v) is 7.37. The van der Waals surface area contributed by atoms with Gasteiger partial charge in [0.05, 0.1) is 10.6 Å². The second kappa shape index (κ2) is 7.61. The number of nitrogens with one attached hydrogen (secondary N) is 1. The van der Waals surface area contributed by atoms with Crippen molar-refractivity contribution < 1.29 is 13.2 Å². The lowest BCUT2D eigenvalue weighted by Crippen LogP contribution is -2.35. The van der Waals surface area contributed by atoms with Crippen LogP contribution in [0.4, 0.5) is 11.4 Å². The Morgan fingerprint density at radius 1 is 1.00 bits per heavy atom. The van der Waals surface area contributed by atoms with E-state index in [0.29, 0.717) is 17.7 Å². The lowest BCUT2D eigenvalue weighted by Gasteiger charge is -2.24. The number of hydrogen-bond donors (Lipinski definition) is 1. The molecule has 5 nitrogen and oxygen atoms in total. The first-order valence-electron chi connectivity index (χ1n) is 9.88. The summed E-state index contributed by atoms with van der Waals surface area (Å²) in [6, 6.07) is 19.3. The second-order valence-electron chi connectivity index (χ2n) is 7.78. The molecule has 0 aliphatic carbocycles. The quantitative estimate of drug-likeness (QED) is 0.666. The molecule has 154 valence electrons. The minimum absolute atomic E-state index is 0.207. The van der Waals surface area contributed by atoms with Crippen LogP contribution in [-0.4, -0.2) is 20.4 Å². The van der Waals surface area contributed by atoms with Crippen molar-refractivity contribution in [3.8, 4) is 0 Å². The highest BCUT2D eigenvalue weighted by atomic mass is 32.2. The normalized spacial score (nSPS) is 15.7. The second-order valence-corrected chi connectivity index (χ2v) is 9.60. The first-order chi connectivity index (χ1) is 14.3. The van der Waals surface area contributed by atoms with Gasteiger partial charge in [-0.1, -0.05) is 35.9 Å². The highest BCUT2D eigenvalue weighted by molar-refractivity contribution is 7.92. The minimum Gasteiger partial charge on any atom is -0.322 e. The fourth-order valence-electron chi connectivity index (χ4n) is 3.96. The van der Waals surface area contributed by atoms with Crippen molar-refractivity contribution >= 4 is 27.3 Å². The zero-order chi connectivity index (χ0) is 21.5. The molecule has 0 saturated carbocycles. The molecular weight excluding hydrogens is 396 g/mol. The average Bonchev–Trinajstić information content (AvgIpc) is 3.06. The van der Waals surface area contributed by atoms with Gasteiger partial charge in [0.15, 0.2) is 0 Å². The molecule has 1 heterocycles. The first-order valence-corrected chi connectivity index (χ1v) is 11.3. The summed E-state index contributed by atoms with van der Waals surface area (Å²) in [4.78, 5) is 13.1. The maximum absolute atomic E-state index is 13.2. The Balaban J connectivity index is 1.63. The highest BCUT2D eigenvalue weighted by Gasteiger charge is 2.36. The van der Waals surface area contributed by atoms with Gasteiger partial charge in [0.1, 0.15) is 0 Å². The van der Waals surface area contributed by atoms with Gasteiger partial charge in [-0.3, -0.25) is 9.10 Å². The number of carbonyl (C=O) groups is 1. The van der Waals surface area contributed by atoms with Crippen LogP contribution in [-0.2, 0) is 16.4 Å². The summed E-state index contributed by atoms with van der Waals surface area (Å²) in [5.74, 6) is -0.207. The van der Waals surface area contributed by atoms with Crippen molar-refractivity contribution in [2.45, 2.75) is 38.1 Å². The Kier molecular flexibility index (Phi) is 5.12. The molecule has 0 aromatic heterocycles. The van der Waals surface area contributed by atoms with Crippen LogP contribution >= 0.6 is 0 Å². The van der Waals surface area contributed by atoms with Crippen LogP contribution < -0.4 is 9.62 Å². The molecule has 0 saturated heterocycles. The van der Waals surface area contributed by atoms with Crippen molar-refractivity contribution in [1.82, 2.24) is 0 Å². The summed E-state index contributed by atoms with van der Waals surface area (Å²) < 4.78 is 27.8. The molecule has 30 heavy (non-hydrogen) atoms. The predicted octanol–water partition coefficient (Wildman–Crippen LogP) is 4.70. The molecule has 0 radical (unpaired) electrons. The smallest absolute Gasteiger partial charge is 0.264 e. The van der Waals surface area contributed by atoms with Gasteiger partial charge < -0.3 is 5.32 Å². The van der Waals surface area contributed by atoms with E-state index in [2.05, 4.69) is 5.32 Å². The number of benzene rings is 3. The maximum Gasteiger partial charge on any atom is 0.264 e. The molecule has 6 heteroatoms. The fraction of sp³-hybridized carbons (Fsp3) is 0.208. The van der Waals surface area contributed by atoms with Gasteiger partial charge in [0.25, 0.3) is 15.9 Å². The molecule has 3 aromatic rings. The van der Waals surface area contributed by atoms with E-state index in [4.69, 9.17) is 0 Å². The van der Waals surface area contributed by atoms with Crippen LogP contribution in [0.3, 0.4) is 0 Å². The molecule has 1 aliphatic rings. The van der Waals surface area contributed by atoms with Gasteiger partial charge in [-0.05, 0) is 74.7 Å². The van der Waals surface area contributed by atoms with Gasteiger partial charge >= 0.3 is 0 Å². The number of rotatable bonds is 4. The number of sulfonamides is 1. The molecule has 1 N–H and O–H groups in total. The number of fused-ring (bicyclic) bond motifs is 1. The summed E-state index contributed by atoms with van der Waals surface area (Å²) in [7, 11) is -3.66. The fourth-order valence-corrected chi connectivity index (χ4v) is 5.68. The van der Waals surface area contributed by atoms with Crippen LogP contribution in [0.15, 0.2) is 71.6 Å². The Morgan fingerprint density at radius 2 is 1.73 bits per heavy atom. The summed E-state index contributed by atoms with van der Waals surface area (Å²) in [6.07, 6.45) is 0.562. The van der Waals surface area contributed by atoms with Crippen molar-refractivity contribution in [1.29, 1.82) is 0 Å². The van der Waals surface area contributed by atoms with Crippen molar-refractivity contribution in [3.63, 3.8) is 0 Å². The van der Waals surface area contributed by atoms with E-state index >= 15 is 0 Å². The van der Waals surface area contributed by atoms with Gasteiger partial charge in [0, 0.05) is 17.3 Å². The monoisotopic (exact) mass is 420 g/mol. The molecule has 1 amide bonds. The van der Waals surface area contributed by atoms with E-state index in [1.807, 2.05) is 39.0 Å². The number of carbonyl (C=O) groups excluding carboxylic acids is 1. The Morgan fingerprint density at radius 3 is 2.43 bits per heavy atom. The van der Waals surface area contributed by atoms with E-state index in [-0.39, 0.29) is 16.8 Å². The van der Waals surface area contributed by atoms with E-state index in [1.54, 1.807) is 48.5 Å². The molecule has 0 unspecified atom stereocenters. The topological polar surface area (TPSA) is 66.5 Å². The summed E-state index contributed by atoms with van der Waals surface area (Å²) >= 11 is 0. The molecule has 4 rings (SSSR count). The number of anilines is 2. The molecule has 1 aliphatic heterocycles. The van der Waals surface area contributed by atoms with Crippen LogP contribution in [0.1, 0.15) is 34.0 Å². The molecule has 0 fully saturated rings. The van der Waals surface area contributed by atoms with Crippen LogP contribution in [0.2, 0.25) is 0 Å². The number of amides is 1. The van der Waals surface area contributed by atoms with E-state index in [1.165, 1.54) is 4.31 Å². The molecule has 0 bridgehead atoms. The van der Waals surface area contributed by atoms with Gasteiger partial charge in [0.2, 0.25) is 0 Å². The number of aryl methyl sites for hydroxylation is 2. The Labute approximate surface area is 177 Å². The number of hydrogen-bond acceptors (Lipinski definition) is 3. The van der Waals surface area contributed by atoms with Gasteiger partial charge in [-0.15, -0.1) is 0 Å². The molecule has 1 atom stereocenters. The lowest BCUT2D eigenvalue weighted by molar-refractivity contribution is 0.102. The summed E-state index contributed by atoms with van der Waals surface area (Å²) in [6.45, 7) is 5.85. The van der Waals surface area contributed by atoms with Gasteiger partial charge in [-0.2, -0.15) is 0 Å². The molecular formula is C24H24N2O3S. The van der Waals surface area contributed by atoms with Crippen molar-refractivity contribution in [2.24, 2.45) is 0 Å². The third kappa shape index (κ3) is 3.59. The predicted molar refractivity (Wildman–Crippen MR) is 120 cm³/mol. The summed E-state index contributed by atoms with van der Waals surface area (Å²) in [5.41, 5.74) is 4.91. The largest absolute Gasteiger partial charge is 0.322 e. The van der Waals surface area contributed by atoms with Crippen LogP contribution in [0, 0.1) is 13.8 Å². The van der Waals surface area contributed by atoms with Crippen LogP contribution in [0.25, 0.3) is 0 Å². The molecule has 3 aromatic carbocycles. The minimum atomic E-state index is -3.66. The molecule has 0 spiro atoms. The first kappa shape index (κ1) is 20.2. The van der Waals surface area contributed by atoms with E-state index in [0.717, 1.165) is 22.4 Å². The highest BCUT2D eigenvalue weighted by Crippen LogP contribution is 2.37. The van der Waals surface area contributed by atoms with E-state index in [9.17, 15) is 13.2 Å². The van der Waals surface area contributed by atoms with E-state index < -0.39 is 10.0 Å². The number of nitrogens with zero attached hydrogens (tertiary/aromatic N) is 1. The van der Waals surface area contributed by atoms with Crippen LogP contribution in [0.5, 0.6) is 0 Å². The van der Waals surface area contributed by atoms with Crippen molar-refractivity contribution in [3.05, 3.63) is 89.0 Å². The zero-order valence-electron chi connectivity index (χ0n) is 17.2. The Hall–Kier alpha value is -3.12. The van der Waals surface area contributed by atoms with Gasteiger partial charge in [-0.25, -0.2) is 8.42 Å². The lowest BCUT2D eigenvalue weighted by atomic mass is 10.1. The summed E-state index contributed by atoms with van der Waals surface area (Å²) in [5, 5.41) is 2.95. The third-order valence-electron chi connectivity index (χ3n) is 5.42.